The van der Waals surface area contributed by atoms with E-state index in [-0.39, 0.29) is 6.04 Å². The van der Waals surface area contributed by atoms with Gasteiger partial charge < -0.3 is 15.7 Å². The Morgan fingerprint density at radius 2 is 2.05 bits per heavy atom. The molecule has 112 valence electrons. The maximum absolute atomic E-state index is 12.1. The Hall–Kier alpha value is -2.28. The number of carboxylic acids is 1. The van der Waals surface area contributed by atoms with E-state index in [4.69, 9.17) is 11.6 Å². The highest BCUT2D eigenvalue weighted by Gasteiger charge is 2.35. The molecule has 21 heavy (non-hydrogen) atoms. The van der Waals surface area contributed by atoms with Crippen molar-refractivity contribution >= 4 is 29.6 Å². The van der Waals surface area contributed by atoms with E-state index in [0.717, 1.165) is 4.90 Å². The molecular weight excluding hydrogens is 298 g/mol. The monoisotopic (exact) mass is 311 g/mol. The minimum atomic E-state index is -1.25. The number of nitrogens with one attached hydrogen (secondary N) is 2. The van der Waals surface area contributed by atoms with Crippen LogP contribution < -0.4 is 10.6 Å². The molecule has 0 saturated carbocycles. The van der Waals surface area contributed by atoms with Crippen LogP contribution in [0.1, 0.15) is 18.5 Å². The Balaban J connectivity index is 2.17. The standard InChI is InChI=1S/C13H14ClN3O4/c1-7-6-15-12(20)17(7)13(21)16-10(11(18)19)8-2-4-9(14)5-3-8/h2-5,7,10H,6H2,1H3,(H,15,20)(H,16,21)(H,18,19). The van der Waals surface area contributed by atoms with Gasteiger partial charge in [-0.05, 0) is 24.6 Å². The summed E-state index contributed by atoms with van der Waals surface area (Å²) in [5, 5.41) is 14.6. The SMILES string of the molecule is CC1CNC(=O)N1C(=O)NC(C(=O)O)c1ccc(Cl)cc1. The molecule has 1 aliphatic heterocycles. The molecule has 1 heterocycles. The lowest BCUT2D eigenvalue weighted by molar-refractivity contribution is -0.139. The number of amides is 4. The van der Waals surface area contributed by atoms with Crippen molar-refractivity contribution in [3.63, 3.8) is 0 Å². The largest absolute Gasteiger partial charge is 0.479 e. The van der Waals surface area contributed by atoms with Crippen molar-refractivity contribution in [2.24, 2.45) is 0 Å². The normalized spacial score (nSPS) is 19.0. The number of hydrogen-bond acceptors (Lipinski definition) is 3. The highest BCUT2D eigenvalue weighted by molar-refractivity contribution is 6.30. The Morgan fingerprint density at radius 1 is 1.43 bits per heavy atom. The van der Waals surface area contributed by atoms with E-state index in [9.17, 15) is 19.5 Å². The molecule has 8 heteroatoms. The van der Waals surface area contributed by atoms with E-state index in [0.29, 0.717) is 17.1 Å². The van der Waals surface area contributed by atoms with Crippen LogP contribution in [0.15, 0.2) is 24.3 Å². The summed E-state index contributed by atoms with van der Waals surface area (Å²) in [4.78, 5) is 35.9. The first-order chi connectivity index (χ1) is 9.90. The molecule has 4 amide bonds. The van der Waals surface area contributed by atoms with Crippen LogP contribution in [0.5, 0.6) is 0 Å². The molecule has 0 aliphatic carbocycles. The number of rotatable bonds is 3. The molecule has 1 aliphatic rings. The van der Waals surface area contributed by atoms with Crippen molar-refractivity contribution in [2.75, 3.05) is 6.54 Å². The van der Waals surface area contributed by atoms with Gasteiger partial charge in [0.25, 0.3) is 0 Å². The molecule has 0 aromatic heterocycles. The molecule has 2 rings (SSSR count). The van der Waals surface area contributed by atoms with Gasteiger partial charge in [-0.1, -0.05) is 23.7 Å². The molecule has 3 N–H and O–H groups in total. The summed E-state index contributed by atoms with van der Waals surface area (Å²) in [5.41, 5.74) is 0.368. The first-order valence-electron chi connectivity index (χ1n) is 6.26. The fraction of sp³-hybridized carbons (Fsp3) is 0.308. The molecule has 0 bridgehead atoms. The number of aliphatic carboxylic acids is 1. The van der Waals surface area contributed by atoms with Crippen LogP contribution in [0.3, 0.4) is 0 Å². The lowest BCUT2D eigenvalue weighted by Gasteiger charge is -2.22. The summed E-state index contributed by atoms with van der Waals surface area (Å²) >= 11 is 5.75. The molecule has 2 atom stereocenters. The minimum Gasteiger partial charge on any atom is -0.479 e. The zero-order chi connectivity index (χ0) is 15.6. The van der Waals surface area contributed by atoms with Crippen LogP contribution in [0.25, 0.3) is 0 Å². The predicted octanol–water partition coefficient (Wildman–Crippen LogP) is 1.59. The maximum Gasteiger partial charge on any atom is 0.330 e. The summed E-state index contributed by atoms with van der Waals surface area (Å²) < 4.78 is 0. The van der Waals surface area contributed by atoms with Crippen molar-refractivity contribution in [1.82, 2.24) is 15.5 Å². The van der Waals surface area contributed by atoms with E-state index in [1.807, 2.05) is 0 Å². The Kier molecular flexibility index (Phi) is 4.32. The zero-order valence-electron chi connectivity index (χ0n) is 11.2. The third-order valence-electron chi connectivity index (χ3n) is 3.15. The Bertz CT molecular complexity index is 575. The van der Waals surface area contributed by atoms with E-state index < -0.39 is 24.1 Å². The first kappa shape index (κ1) is 15.1. The van der Waals surface area contributed by atoms with Crippen molar-refractivity contribution in [1.29, 1.82) is 0 Å². The summed E-state index contributed by atoms with van der Waals surface area (Å²) in [6.07, 6.45) is 0. The van der Waals surface area contributed by atoms with Gasteiger partial charge in [0.2, 0.25) is 0 Å². The lowest BCUT2D eigenvalue weighted by atomic mass is 10.1. The number of hydrogen-bond donors (Lipinski definition) is 3. The molecular formula is C13H14ClN3O4. The summed E-state index contributed by atoms with van der Waals surface area (Å²) in [6, 6.07) is 3.20. The maximum atomic E-state index is 12.1. The van der Waals surface area contributed by atoms with Crippen LogP contribution in [0, 0.1) is 0 Å². The van der Waals surface area contributed by atoms with Crippen LogP contribution in [-0.2, 0) is 4.79 Å². The third kappa shape index (κ3) is 3.25. The van der Waals surface area contributed by atoms with Crippen molar-refractivity contribution in [3.05, 3.63) is 34.9 Å². The van der Waals surface area contributed by atoms with Gasteiger partial charge in [-0.3, -0.25) is 0 Å². The smallest absolute Gasteiger partial charge is 0.330 e. The molecule has 1 aromatic rings. The second-order valence-corrected chi connectivity index (χ2v) is 5.11. The number of carbonyl (C=O) groups excluding carboxylic acids is 2. The predicted molar refractivity (Wildman–Crippen MR) is 75.1 cm³/mol. The van der Waals surface area contributed by atoms with Gasteiger partial charge in [-0.15, -0.1) is 0 Å². The number of carbonyl (C=O) groups is 3. The van der Waals surface area contributed by atoms with Gasteiger partial charge in [0.15, 0.2) is 6.04 Å². The summed E-state index contributed by atoms with van der Waals surface area (Å²) in [6.45, 7) is 2.03. The summed E-state index contributed by atoms with van der Waals surface area (Å²) in [5.74, 6) is -1.22. The zero-order valence-corrected chi connectivity index (χ0v) is 11.9. The summed E-state index contributed by atoms with van der Waals surface area (Å²) in [7, 11) is 0. The molecule has 7 nitrogen and oxygen atoms in total. The highest BCUT2D eigenvalue weighted by atomic mass is 35.5. The van der Waals surface area contributed by atoms with Gasteiger partial charge in [-0.2, -0.15) is 0 Å². The van der Waals surface area contributed by atoms with E-state index in [2.05, 4.69) is 10.6 Å². The number of benzene rings is 1. The fourth-order valence-electron chi connectivity index (χ4n) is 2.04. The minimum absolute atomic E-state index is 0.336. The fourth-order valence-corrected chi connectivity index (χ4v) is 2.17. The average molecular weight is 312 g/mol. The van der Waals surface area contributed by atoms with Crippen LogP contribution in [-0.4, -0.2) is 40.6 Å². The quantitative estimate of drug-likeness (QED) is 0.789. The molecule has 1 fully saturated rings. The second kappa shape index (κ2) is 6.01. The average Bonchev–Trinajstić information content (AvgIpc) is 2.76. The molecule has 1 aromatic carbocycles. The van der Waals surface area contributed by atoms with E-state index >= 15 is 0 Å². The topological polar surface area (TPSA) is 98.7 Å². The first-order valence-corrected chi connectivity index (χ1v) is 6.63. The number of imide groups is 1. The number of nitrogens with zero attached hydrogens (tertiary/aromatic N) is 1. The van der Waals surface area contributed by atoms with Crippen LogP contribution in [0.2, 0.25) is 5.02 Å². The second-order valence-electron chi connectivity index (χ2n) is 4.68. The van der Waals surface area contributed by atoms with Gasteiger partial charge in [-0.25, -0.2) is 19.3 Å². The Morgan fingerprint density at radius 3 is 2.52 bits per heavy atom. The number of carboxylic acid groups (broad SMARTS) is 1. The van der Waals surface area contributed by atoms with Crippen LogP contribution in [0.4, 0.5) is 9.59 Å². The number of urea groups is 2. The third-order valence-corrected chi connectivity index (χ3v) is 3.40. The van der Waals surface area contributed by atoms with E-state index in [1.54, 1.807) is 6.92 Å². The Labute approximate surface area is 125 Å². The van der Waals surface area contributed by atoms with Crippen LogP contribution >= 0.6 is 11.6 Å². The molecule has 0 spiro atoms. The molecule has 0 radical (unpaired) electrons. The lowest BCUT2D eigenvalue weighted by Crippen LogP contribution is -2.47. The van der Waals surface area contributed by atoms with Gasteiger partial charge in [0.1, 0.15) is 0 Å². The van der Waals surface area contributed by atoms with Gasteiger partial charge >= 0.3 is 18.0 Å². The van der Waals surface area contributed by atoms with Crippen molar-refractivity contribution in [2.45, 2.75) is 19.0 Å². The van der Waals surface area contributed by atoms with Crippen molar-refractivity contribution in [3.8, 4) is 0 Å². The molecule has 1 saturated heterocycles. The van der Waals surface area contributed by atoms with Crippen molar-refractivity contribution < 1.29 is 19.5 Å². The van der Waals surface area contributed by atoms with Gasteiger partial charge in [0.05, 0.1) is 6.04 Å². The molecule has 2 unspecified atom stereocenters. The van der Waals surface area contributed by atoms with Gasteiger partial charge in [0, 0.05) is 11.6 Å². The highest BCUT2D eigenvalue weighted by Crippen LogP contribution is 2.18. The van der Waals surface area contributed by atoms with E-state index in [1.165, 1.54) is 24.3 Å². The number of halogens is 1.